The average molecular weight is 230 g/mol. The molecule has 0 saturated carbocycles. The summed E-state index contributed by atoms with van der Waals surface area (Å²) in [4.78, 5) is 17.4. The van der Waals surface area contributed by atoms with Crippen LogP contribution >= 0.6 is 0 Å². The van der Waals surface area contributed by atoms with Crippen LogP contribution in [0.25, 0.3) is 10.9 Å². The number of nitrogens with zero attached hydrogens (tertiary/aromatic N) is 1. The lowest BCUT2D eigenvalue weighted by atomic mass is 10.1. The van der Waals surface area contributed by atoms with E-state index in [1.54, 1.807) is 0 Å². The molecule has 0 bridgehead atoms. The van der Waals surface area contributed by atoms with Crippen LogP contribution in [-0.4, -0.2) is 28.9 Å². The van der Waals surface area contributed by atoms with E-state index in [1.807, 2.05) is 42.3 Å². The van der Waals surface area contributed by atoms with Gasteiger partial charge in [0.2, 0.25) is 0 Å². The maximum atomic E-state index is 12.3. The SMILES string of the molecule is CCCN(CC)C(=O)c1c[nH]c2ccccc12. The predicted molar refractivity (Wildman–Crippen MR) is 70.2 cm³/mol. The summed E-state index contributed by atoms with van der Waals surface area (Å²) >= 11 is 0. The summed E-state index contributed by atoms with van der Waals surface area (Å²) in [6, 6.07) is 7.90. The van der Waals surface area contributed by atoms with Crippen LogP contribution in [0.15, 0.2) is 30.5 Å². The summed E-state index contributed by atoms with van der Waals surface area (Å²) < 4.78 is 0. The monoisotopic (exact) mass is 230 g/mol. The molecule has 1 N–H and O–H groups in total. The van der Waals surface area contributed by atoms with Crippen molar-refractivity contribution in [2.45, 2.75) is 20.3 Å². The van der Waals surface area contributed by atoms with Crippen molar-refractivity contribution in [1.29, 1.82) is 0 Å². The van der Waals surface area contributed by atoms with Crippen LogP contribution in [0.5, 0.6) is 0 Å². The van der Waals surface area contributed by atoms with E-state index in [0.29, 0.717) is 0 Å². The number of rotatable bonds is 4. The van der Waals surface area contributed by atoms with Gasteiger partial charge in [-0.15, -0.1) is 0 Å². The molecular formula is C14H18N2O. The molecule has 0 saturated heterocycles. The van der Waals surface area contributed by atoms with Crippen molar-refractivity contribution in [3.05, 3.63) is 36.0 Å². The first-order valence-corrected chi connectivity index (χ1v) is 6.13. The van der Waals surface area contributed by atoms with Crippen LogP contribution in [-0.2, 0) is 0 Å². The molecule has 1 amide bonds. The first-order chi connectivity index (χ1) is 8.27. The van der Waals surface area contributed by atoms with Crippen molar-refractivity contribution in [2.24, 2.45) is 0 Å². The number of carbonyl (C=O) groups is 1. The summed E-state index contributed by atoms with van der Waals surface area (Å²) in [6.45, 7) is 5.68. The smallest absolute Gasteiger partial charge is 0.256 e. The average Bonchev–Trinajstić information content (AvgIpc) is 2.79. The molecule has 3 heteroatoms. The molecule has 2 aromatic rings. The van der Waals surface area contributed by atoms with Crippen LogP contribution in [0.4, 0.5) is 0 Å². The number of aromatic nitrogens is 1. The maximum absolute atomic E-state index is 12.3. The lowest BCUT2D eigenvalue weighted by molar-refractivity contribution is 0.0766. The molecule has 0 atom stereocenters. The Morgan fingerprint density at radius 1 is 1.29 bits per heavy atom. The highest BCUT2D eigenvalue weighted by atomic mass is 16.2. The Morgan fingerprint density at radius 2 is 2.06 bits per heavy atom. The fraction of sp³-hybridized carbons (Fsp3) is 0.357. The molecule has 1 aromatic heterocycles. The molecule has 0 aliphatic heterocycles. The Kier molecular flexibility index (Phi) is 3.47. The number of nitrogens with one attached hydrogen (secondary N) is 1. The number of H-pyrrole nitrogens is 1. The molecule has 0 unspecified atom stereocenters. The van der Waals surface area contributed by atoms with Crippen molar-refractivity contribution >= 4 is 16.8 Å². The predicted octanol–water partition coefficient (Wildman–Crippen LogP) is 3.04. The normalized spacial score (nSPS) is 10.7. The van der Waals surface area contributed by atoms with E-state index in [2.05, 4.69) is 11.9 Å². The molecule has 0 aliphatic carbocycles. The summed E-state index contributed by atoms with van der Waals surface area (Å²) in [5.74, 6) is 0.117. The number of carbonyl (C=O) groups excluding carboxylic acids is 1. The molecule has 0 radical (unpaired) electrons. The topological polar surface area (TPSA) is 36.1 Å². The minimum atomic E-state index is 0.117. The van der Waals surface area contributed by atoms with Gasteiger partial charge in [-0.3, -0.25) is 4.79 Å². The summed E-state index contributed by atoms with van der Waals surface area (Å²) in [5.41, 5.74) is 1.79. The Bertz CT molecular complexity index is 516. The van der Waals surface area contributed by atoms with E-state index in [0.717, 1.165) is 36.0 Å². The maximum Gasteiger partial charge on any atom is 0.256 e. The Labute approximate surface area is 101 Å². The van der Waals surface area contributed by atoms with Gasteiger partial charge in [0.25, 0.3) is 5.91 Å². The van der Waals surface area contributed by atoms with Gasteiger partial charge in [-0.1, -0.05) is 25.1 Å². The quantitative estimate of drug-likeness (QED) is 0.861. The molecule has 0 fully saturated rings. The lowest BCUT2D eigenvalue weighted by Gasteiger charge is -2.19. The second-order valence-electron chi connectivity index (χ2n) is 4.13. The zero-order valence-corrected chi connectivity index (χ0v) is 10.4. The fourth-order valence-corrected chi connectivity index (χ4v) is 2.09. The summed E-state index contributed by atoms with van der Waals surface area (Å²) in [6.07, 6.45) is 2.80. The van der Waals surface area contributed by atoms with Gasteiger partial charge in [-0.05, 0) is 19.4 Å². The van der Waals surface area contributed by atoms with Crippen molar-refractivity contribution in [1.82, 2.24) is 9.88 Å². The largest absolute Gasteiger partial charge is 0.360 e. The summed E-state index contributed by atoms with van der Waals surface area (Å²) in [7, 11) is 0. The lowest BCUT2D eigenvalue weighted by Crippen LogP contribution is -2.31. The third-order valence-corrected chi connectivity index (χ3v) is 2.98. The fourth-order valence-electron chi connectivity index (χ4n) is 2.09. The minimum Gasteiger partial charge on any atom is -0.360 e. The van der Waals surface area contributed by atoms with E-state index in [-0.39, 0.29) is 5.91 Å². The number of aromatic amines is 1. The van der Waals surface area contributed by atoms with Gasteiger partial charge in [0, 0.05) is 30.2 Å². The van der Waals surface area contributed by atoms with Crippen molar-refractivity contribution < 1.29 is 4.79 Å². The van der Waals surface area contributed by atoms with Crippen LogP contribution in [0.1, 0.15) is 30.6 Å². The standard InChI is InChI=1S/C14H18N2O/c1-3-9-16(4-2)14(17)12-10-15-13-8-6-5-7-11(12)13/h5-8,10,15H,3-4,9H2,1-2H3. The first kappa shape index (κ1) is 11.7. The molecule has 3 nitrogen and oxygen atoms in total. The van der Waals surface area contributed by atoms with Gasteiger partial charge >= 0.3 is 0 Å². The van der Waals surface area contributed by atoms with E-state index in [1.165, 1.54) is 0 Å². The highest BCUT2D eigenvalue weighted by molar-refractivity contribution is 6.06. The van der Waals surface area contributed by atoms with E-state index >= 15 is 0 Å². The van der Waals surface area contributed by atoms with Crippen LogP contribution in [0, 0.1) is 0 Å². The number of para-hydroxylation sites is 1. The number of hydrogen-bond acceptors (Lipinski definition) is 1. The molecule has 1 aromatic carbocycles. The molecule has 1 heterocycles. The Morgan fingerprint density at radius 3 is 2.76 bits per heavy atom. The van der Waals surface area contributed by atoms with Crippen molar-refractivity contribution in [2.75, 3.05) is 13.1 Å². The number of hydrogen-bond donors (Lipinski definition) is 1. The van der Waals surface area contributed by atoms with Gasteiger partial charge in [-0.2, -0.15) is 0 Å². The van der Waals surface area contributed by atoms with Gasteiger partial charge < -0.3 is 9.88 Å². The summed E-state index contributed by atoms with van der Waals surface area (Å²) in [5, 5.41) is 1.01. The van der Waals surface area contributed by atoms with Gasteiger partial charge in [0.1, 0.15) is 0 Å². The van der Waals surface area contributed by atoms with Gasteiger partial charge in [-0.25, -0.2) is 0 Å². The van der Waals surface area contributed by atoms with Crippen LogP contribution < -0.4 is 0 Å². The van der Waals surface area contributed by atoms with E-state index in [9.17, 15) is 4.79 Å². The second-order valence-corrected chi connectivity index (χ2v) is 4.13. The Hall–Kier alpha value is -1.77. The number of amides is 1. The molecule has 17 heavy (non-hydrogen) atoms. The molecule has 0 aliphatic rings. The molecule has 0 spiro atoms. The van der Waals surface area contributed by atoms with E-state index < -0.39 is 0 Å². The third kappa shape index (κ3) is 2.18. The highest BCUT2D eigenvalue weighted by Gasteiger charge is 2.16. The third-order valence-electron chi connectivity index (χ3n) is 2.98. The highest BCUT2D eigenvalue weighted by Crippen LogP contribution is 2.19. The first-order valence-electron chi connectivity index (χ1n) is 6.13. The van der Waals surface area contributed by atoms with E-state index in [4.69, 9.17) is 0 Å². The van der Waals surface area contributed by atoms with Crippen molar-refractivity contribution in [3.63, 3.8) is 0 Å². The molecule has 90 valence electrons. The molecular weight excluding hydrogens is 212 g/mol. The van der Waals surface area contributed by atoms with Crippen LogP contribution in [0.2, 0.25) is 0 Å². The second kappa shape index (κ2) is 5.04. The minimum absolute atomic E-state index is 0.117. The van der Waals surface area contributed by atoms with Crippen LogP contribution in [0.3, 0.4) is 0 Å². The Balaban J connectivity index is 2.36. The zero-order chi connectivity index (χ0) is 12.3. The number of fused-ring (bicyclic) bond motifs is 1. The van der Waals surface area contributed by atoms with Gasteiger partial charge in [0.05, 0.1) is 5.56 Å². The van der Waals surface area contributed by atoms with Crippen molar-refractivity contribution in [3.8, 4) is 0 Å². The zero-order valence-electron chi connectivity index (χ0n) is 10.4. The van der Waals surface area contributed by atoms with Gasteiger partial charge in [0.15, 0.2) is 0 Å². The molecule has 2 rings (SSSR count). The number of benzene rings is 1.